The van der Waals surface area contributed by atoms with Gasteiger partial charge in [-0.25, -0.2) is 4.79 Å². The van der Waals surface area contributed by atoms with Crippen molar-refractivity contribution in [2.75, 3.05) is 13.7 Å². The van der Waals surface area contributed by atoms with E-state index in [1.807, 2.05) is 36.4 Å². The number of ether oxygens (including phenoxy) is 2. The van der Waals surface area contributed by atoms with Crippen LogP contribution >= 0.6 is 0 Å². The number of methoxy groups -OCH3 is 1. The van der Waals surface area contributed by atoms with E-state index >= 15 is 0 Å². The van der Waals surface area contributed by atoms with Crippen molar-refractivity contribution in [3.8, 4) is 5.75 Å². The number of benzene rings is 2. The van der Waals surface area contributed by atoms with Gasteiger partial charge in [-0.3, -0.25) is 4.79 Å². The van der Waals surface area contributed by atoms with E-state index < -0.39 is 5.97 Å². The summed E-state index contributed by atoms with van der Waals surface area (Å²) in [6.07, 6.45) is 4.41. The highest BCUT2D eigenvalue weighted by Gasteiger charge is 2.14. The third kappa shape index (κ3) is 4.63. The molecule has 0 spiro atoms. The summed E-state index contributed by atoms with van der Waals surface area (Å²) in [4.78, 5) is 24.1. The van der Waals surface area contributed by atoms with Crippen LogP contribution in [0.4, 0.5) is 0 Å². The maximum Gasteiger partial charge on any atom is 0.338 e. The number of esters is 1. The monoisotopic (exact) mass is 353 g/mol. The Morgan fingerprint density at radius 3 is 2.65 bits per heavy atom. The molecule has 0 saturated heterocycles. The van der Waals surface area contributed by atoms with Crippen LogP contribution in [0.15, 0.2) is 42.5 Å². The van der Waals surface area contributed by atoms with E-state index in [1.54, 1.807) is 13.2 Å². The van der Waals surface area contributed by atoms with E-state index in [0.29, 0.717) is 12.1 Å². The van der Waals surface area contributed by atoms with Crippen LogP contribution in [0.25, 0.3) is 0 Å². The van der Waals surface area contributed by atoms with Crippen LogP contribution < -0.4 is 10.1 Å². The van der Waals surface area contributed by atoms with Gasteiger partial charge in [0.15, 0.2) is 6.61 Å². The van der Waals surface area contributed by atoms with Crippen molar-refractivity contribution in [3.63, 3.8) is 0 Å². The van der Waals surface area contributed by atoms with Gasteiger partial charge in [0.1, 0.15) is 5.75 Å². The first kappa shape index (κ1) is 18.0. The van der Waals surface area contributed by atoms with Gasteiger partial charge in [0.2, 0.25) is 0 Å². The minimum Gasteiger partial charge on any atom is -0.497 e. The molecule has 0 heterocycles. The van der Waals surface area contributed by atoms with Crippen LogP contribution in [0.2, 0.25) is 0 Å². The minimum atomic E-state index is -0.463. The van der Waals surface area contributed by atoms with Crippen molar-refractivity contribution in [2.45, 2.75) is 32.2 Å². The predicted octanol–water partition coefficient (Wildman–Crippen LogP) is 3.05. The van der Waals surface area contributed by atoms with E-state index in [-0.39, 0.29) is 12.5 Å². The largest absolute Gasteiger partial charge is 0.497 e. The molecule has 0 radical (unpaired) electrons. The van der Waals surface area contributed by atoms with Gasteiger partial charge in [-0.05, 0) is 66.6 Å². The lowest BCUT2D eigenvalue weighted by molar-refractivity contribution is -0.124. The van der Waals surface area contributed by atoms with E-state index in [4.69, 9.17) is 9.47 Å². The zero-order valence-corrected chi connectivity index (χ0v) is 14.9. The standard InChI is InChI=1S/C21H23NO4/c1-25-19-8-4-5-15(11-19)13-22-20(23)14-26-21(24)18-10-9-16-6-2-3-7-17(16)12-18/h4-5,8-12H,2-3,6-7,13-14H2,1H3,(H,22,23). The van der Waals surface area contributed by atoms with Crippen molar-refractivity contribution in [3.05, 3.63) is 64.7 Å². The fraction of sp³-hybridized carbons (Fsp3) is 0.333. The van der Waals surface area contributed by atoms with Crippen LogP contribution in [0.1, 0.15) is 39.9 Å². The lowest BCUT2D eigenvalue weighted by Crippen LogP contribution is -2.28. The number of fused-ring (bicyclic) bond motifs is 1. The highest BCUT2D eigenvalue weighted by molar-refractivity contribution is 5.91. The highest BCUT2D eigenvalue weighted by Crippen LogP contribution is 2.22. The van der Waals surface area contributed by atoms with Gasteiger partial charge in [0, 0.05) is 6.54 Å². The van der Waals surface area contributed by atoms with Gasteiger partial charge in [0.25, 0.3) is 5.91 Å². The number of aryl methyl sites for hydroxylation is 2. The summed E-state index contributed by atoms with van der Waals surface area (Å²) in [6.45, 7) is 0.0618. The molecule has 1 N–H and O–H groups in total. The summed E-state index contributed by atoms with van der Waals surface area (Å²) in [5.74, 6) is -0.0652. The van der Waals surface area contributed by atoms with Crippen LogP contribution in [-0.4, -0.2) is 25.6 Å². The number of carbonyl (C=O) groups is 2. The van der Waals surface area contributed by atoms with E-state index in [0.717, 1.165) is 30.6 Å². The number of nitrogens with one attached hydrogen (secondary N) is 1. The van der Waals surface area contributed by atoms with Crippen LogP contribution in [0.3, 0.4) is 0 Å². The lowest BCUT2D eigenvalue weighted by atomic mass is 9.90. The molecule has 2 aromatic rings. The minimum absolute atomic E-state index is 0.292. The van der Waals surface area contributed by atoms with Crippen molar-refractivity contribution in [1.29, 1.82) is 0 Å². The van der Waals surface area contributed by atoms with Crippen LogP contribution in [0.5, 0.6) is 5.75 Å². The Balaban J connectivity index is 1.48. The Morgan fingerprint density at radius 2 is 1.85 bits per heavy atom. The molecule has 0 aromatic heterocycles. The zero-order chi connectivity index (χ0) is 18.4. The SMILES string of the molecule is COc1cccc(CNC(=O)COC(=O)c2ccc3c(c2)CCCC3)c1. The van der Waals surface area contributed by atoms with E-state index in [1.165, 1.54) is 17.5 Å². The van der Waals surface area contributed by atoms with Crippen molar-refractivity contribution in [2.24, 2.45) is 0 Å². The first-order valence-corrected chi connectivity index (χ1v) is 8.84. The Hall–Kier alpha value is -2.82. The average Bonchev–Trinajstić information content (AvgIpc) is 2.70. The summed E-state index contributed by atoms with van der Waals surface area (Å²) in [5.41, 5.74) is 3.95. The summed E-state index contributed by atoms with van der Waals surface area (Å²) in [5, 5.41) is 2.74. The molecule has 0 bridgehead atoms. The molecule has 3 rings (SSSR count). The van der Waals surface area contributed by atoms with Crippen molar-refractivity contribution < 1.29 is 19.1 Å². The molecule has 1 aliphatic carbocycles. The molecule has 0 atom stereocenters. The molecule has 5 nitrogen and oxygen atoms in total. The smallest absolute Gasteiger partial charge is 0.338 e. The Bertz CT molecular complexity index is 800. The van der Waals surface area contributed by atoms with Crippen molar-refractivity contribution in [1.82, 2.24) is 5.32 Å². The summed E-state index contributed by atoms with van der Waals surface area (Å²) < 4.78 is 10.3. The fourth-order valence-electron chi connectivity index (χ4n) is 3.11. The molecular weight excluding hydrogens is 330 g/mol. The lowest BCUT2D eigenvalue weighted by Gasteiger charge is -2.16. The molecule has 2 aromatic carbocycles. The Kier molecular flexibility index (Phi) is 5.89. The summed E-state index contributed by atoms with van der Waals surface area (Å²) in [7, 11) is 1.60. The molecular formula is C21H23NO4. The third-order valence-electron chi connectivity index (χ3n) is 4.54. The normalized spacial score (nSPS) is 12.8. The molecule has 0 aliphatic heterocycles. The highest BCUT2D eigenvalue weighted by atomic mass is 16.5. The second-order valence-electron chi connectivity index (χ2n) is 6.39. The van der Waals surface area contributed by atoms with Gasteiger partial charge in [-0.1, -0.05) is 18.2 Å². The number of rotatable bonds is 6. The average molecular weight is 353 g/mol. The molecule has 1 aliphatic rings. The first-order chi connectivity index (χ1) is 12.7. The zero-order valence-electron chi connectivity index (χ0n) is 14.9. The number of hydrogen-bond acceptors (Lipinski definition) is 4. The first-order valence-electron chi connectivity index (χ1n) is 8.84. The molecule has 136 valence electrons. The molecule has 0 saturated carbocycles. The number of carbonyl (C=O) groups excluding carboxylic acids is 2. The topological polar surface area (TPSA) is 64.6 Å². The van der Waals surface area contributed by atoms with Crippen LogP contribution in [0, 0.1) is 0 Å². The molecule has 26 heavy (non-hydrogen) atoms. The van der Waals surface area contributed by atoms with Gasteiger partial charge in [-0.15, -0.1) is 0 Å². The van der Waals surface area contributed by atoms with E-state index in [2.05, 4.69) is 5.32 Å². The molecule has 5 heteroatoms. The second kappa shape index (κ2) is 8.52. The fourth-order valence-corrected chi connectivity index (χ4v) is 3.11. The molecule has 0 unspecified atom stereocenters. The third-order valence-corrected chi connectivity index (χ3v) is 4.54. The van der Waals surface area contributed by atoms with Gasteiger partial charge >= 0.3 is 5.97 Å². The van der Waals surface area contributed by atoms with Crippen molar-refractivity contribution >= 4 is 11.9 Å². The maximum absolute atomic E-state index is 12.2. The predicted molar refractivity (Wildman–Crippen MR) is 98.2 cm³/mol. The number of amides is 1. The van der Waals surface area contributed by atoms with Crippen LogP contribution in [-0.2, 0) is 28.9 Å². The summed E-state index contributed by atoms with van der Waals surface area (Å²) in [6, 6.07) is 13.1. The Morgan fingerprint density at radius 1 is 1.04 bits per heavy atom. The summed E-state index contributed by atoms with van der Waals surface area (Å²) >= 11 is 0. The van der Waals surface area contributed by atoms with Gasteiger partial charge < -0.3 is 14.8 Å². The van der Waals surface area contributed by atoms with E-state index in [9.17, 15) is 9.59 Å². The maximum atomic E-state index is 12.2. The van der Waals surface area contributed by atoms with Gasteiger partial charge in [0.05, 0.1) is 12.7 Å². The second-order valence-corrected chi connectivity index (χ2v) is 6.39. The number of hydrogen-bond donors (Lipinski definition) is 1. The molecule has 1 amide bonds. The molecule has 0 fully saturated rings. The van der Waals surface area contributed by atoms with Gasteiger partial charge in [-0.2, -0.15) is 0 Å². The Labute approximate surface area is 153 Å². The quantitative estimate of drug-likeness (QED) is 0.811.